The SMILES string of the molecule is Cc1ccc(CCCCC2CCC3C(C2)C2=CCCC4=C2C3CC(C)N4)cc1. The summed E-state index contributed by atoms with van der Waals surface area (Å²) in [6.07, 6.45) is 16.5. The summed E-state index contributed by atoms with van der Waals surface area (Å²) in [5, 5.41) is 3.84. The molecule has 0 bridgehead atoms. The van der Waals surface area contributed by atoms with Gasteiger partial charge < -0.3 is 5.32 Å². The van der Waals surface area contributed by atoms with Crippen LogP contribution in [0.2, 0.25) is 0 Å². The molecule has 0 saturated heterocycles. The first kappa shape index (κ1) is 18.5. The van der Waals surface area contributed by atoms with Crippen molar-refractivity contribution in [1.29, 1.82) is 0 Å². The lowest BCUT2D eigenvalue weighted by molar-refractivity contribution is 0.173. The fraction of sp³-hybridized carbons (Fsp3) is 0.630. The highest BCUT2D eigenvalue weighted by molar-refractivity contribution is 5.48. The van der Waals surface area contributed by atoms with Crippen molar-refractivity contribution in [1.82, 2.24) is 5.32 Å². The van der Waals surface area contributed by atoms with Gasteiger partial charge in [0.15, 0.2) is 0 Å². The van der Waals surface area contributed by atoms with Crippen LogP contribution in [0.5, 0.6) is 0 Å². The average Bonchev–Trinajstić information content (AvgIpc) is 3.01. The van der Waals surface area contributed by atoms with Crippen LogP contribution in [0.25, 0.3) is 0 Å². The lowest BCUT2D eigenvalue weighted by atomic mass is 9.70. The van der Waals surface area contributed by atoms with Crippen LogP contribution in [-0.2, 0) is 6.42 Å². The maximum Gasteiger partial charge on any atom is 0.0236 e. The molecule has 0 amide bonds. The highest BCUT2D eigenvalue weighted by Gasteiger charge is 2.49. The molecule has 4 aliphatic rings. The second-order valence-electron chi connectivity index (χ2n) is 10.2. The van der Waals surface area contributed by atoms with E-state index in [1.165, 1.54) is 75.3 Å². The predicted octanol–water partition coefficient (Wildman–Crippen LogP) is 6.73. The van der Waals surface area contributed by atoms with E-state index >= 15 is 0 Å². The summed E-state index contributed by atoms with van der Waals surface area (Å²) in [6.45, 7) is 4.57. The molecule has 1 nitrogen and oxygen atoms in total. The number of hydrogen-bond acceptors (Lipinski definition) is 1. The fourth-order valence-electron chi connectivity index (χ4n) is 6.87. The second kappa shape index (κ2) is 7.73. The molecule has 2 fully saturated rings. The summed E-state index contributed by atoms with van der Waals surface area (Å²) >= 11 is 0. The Hall–Kier alpha value is -1.50. The van der Waals surface area contributed by atoms with E-state index in [9.17, 15) is 0 Å². The Morgan fingerprint density at radius 3 is 2.71 bits per heavy atom. The highest BCUT2D eigenvalue weighted by atomic mass is 14.9. The molecule has 5 unspecified atom stereocenters. The van der Waals surface area contributed by atoms with Gasteiger partial charge in [0.1, 0.15) is 0 Å². The van der Waals surface area contributed by atoms with Gasteiger partial charge in [-0.05, 0) is 99.2 Å². The van der Waals surface area contributed by atoms with Crippen molar-refractivity contribution in [2.45, 2.75) is 84.1 Å². The van der Waals surface area contributed by atoms with Crippen LogP contribution in [0.15, 0.2) is 47.2 Å². The minimum atomic E-state index is 0.682. The summed E-state index contributed by atoms with van der Waals surface area (Å²) in [5.74, 6) is 3.70. The normalized spacial score (nSPS) is 33.8. The van der Waals surface area contributed by atoms with Crippen LogP contribution in [0, 0.1) is 30.6 Å². The van der Waals surface area contributed by atoms with Crippen molar-refractivity contribution in [2.24, 2.45) is 23.7 Å². The Bertz CT molecular complexity index is 768. The van der Waals surface area contributed by atoms with E-state index in [-0.39, 0.29) is 0 Å². The third-order valence-electron chi connectivity index (χ3n) is 8.17. The van der Waals surface area contributed by atoms with Gasteiger partial charge in [0.2, 0.25) is 0 Å². The molecule has 0 aromatic heterocycles. The second-order valence-corrected chi connectivity index (χ2v) is 10.2. The standard InChI is InChI=1S/C27H37N/c1-18-10-12-20(13-11-18)6-3-4-7-21-14-15-22-24(17-21)23-8-5-9-26-27(23)25(22)16-19(2)28-26/h8,10-13,19,21-22,24-25,28H,3-7,9,14-17H2,1-2H3. The number of rotatable bonds is 5. The van der Waals surface area contributed by atoms with Gasteiger partial charge in [0.05, 0.1) is 0 Å². The first-order valence-electron chi connectivity index (χ1n) is 11.9. The largest absolute Gasteiger partial charge is 0.386 e. The maximum atomic E-state index is 3.84. The van der Waals surface area contributed by atoms with Gasteiger partial charge in [-0.25, -0.2) is 0 Å². The molecule has 1 heterocycles. The zero-order chi connectivity index (χ0) is 19.1. The zero-order valence-electron chi connectivity index (χ0n) is 17.8. The summed E-state index contributed by atoms with van der Waals surface area (Å²) in [4.78, 5) is 0. The van der Waals surface area contributed by atoms with Gasteiger partial charge in [-0.2, -0.15) is 0 Å². The van der Waals surface area contributed by atoms with E-state index in [0.717, 1.165) is 23.7 Å². The fourth-order valence-corrected chi connectivity index (χ4v) is 6.87. The van der Waals surface area contributed by atoms with E-state index in [4.69, 9.17) is 0 Å². The molecule has 1 heteroatoms. The summed E-state index contributed by atoms with van der Waals surface area (Å²) < 4.78 is 0. The van der Waals surface area contributed by atoms with Crippen LogP contribution < -0.4 is 5.32 Å². The topological polar surface area (TPSA) is 12.0 Å². The van der Waals surface area contributed by atoms with Crippen molar-refractivity contribution in [3.8, 4) is 0 Å². The number of unbranched alkanes of at least 4 members (excludes halogenated alkanes) is 1. The molecular formula is C27H37N. The quantitative estimate of drug-likeness (QED) is 0.563. The van der Waals surface area contributed by atoms with Crippen LogP contribution in [0.1, 0.15) is 75.8 Å². The Labute approximate surface area is 171 Å². The van der Waals surface area contributed by atoms with E-state index < -0.39 is 0 Å². The first-order valence-corrected chi connectivity index (χ1v) is 11.9. The Kier molecular flexibility index (Phi) is 5.11. The summed E-state index contributed by atoms with van der Waals surface area (Å²) in [7, 11) is 0. The van der Waals surface area contributed by atoms with E-state index in [0.29, 0.717) is 6.04 Å². The monoisotopic (exact) mass is 375 g/mol. The number of nitrogens with one attached hydrogen (secondary N) is 1. The van der Waals surface area contributed by atoms with Crippen molar-refractivity contribution in [2.75, 3.05) is 0 Å². The average molecular weight is 376 g/mol. The molecule has 1 aromatic rings. The molecule has 5 rings (SSSR count). The molecular weight excluding hydrogens is 338 g/mol. The van der Waals surface area contributed by atoms with Crippen LogP contribution >= 0.6 is 0 Å². The Balaban J connectivity index is 1.18. The van der Waals surface area contributed by atoms with E-state index in [1.807, 2.05) is 0 Å². The van der Waals surface area contributed by atoms with Gasteiger partial charge >= 0.3 is 0 Å². The number of hydrogen-bond donors (Lipinski definition) is 1. The molecule has 150 valence electrons. The zero-order valence-corrected chi connectivity index (χ0v) is 17.8. The van der Waals surface area contributed by atoms with Gasteiger partial charge in [0.25, 0.3) is 0 Å². The third kappa shape index (κ3) is 3.46. The van der Waals surface area contributed by atoms with Crippen LogP contribution in [-0.4, -0.2) is 6.04 Å². The van der Waals surface area contributed by atoms with Crippen LogP contribution in [0.4, 0.5) is 0 Å². The molecule has 1 aromatic carbocycles. The van der Waals surface area contributed by atoms with Crippen molar-refractivity contribution >= 4 is 0 Å². The molecule has 0 spiro atoms. The smallest absolute Gasteiger partial charge is 0.0236 e. The van der Waals surface area contributed by atoms with E-state index in [2.05, 4.69) is 49.5 Å². The number of allylic oxidation sites excluding steroid dienone is 4. The third-order valence-corrected chi connectivity index (χ3v) is 8.17. The summed E-state index contributed by atoms with van der Waals surface area (Å²) in [6, 6.07) is 9.83. The molecule has 1 N–H and O–H groups in total. The Morgan fingerprint density at radius 2 is 1.86 bits per heavy atom. The molecule has 2 saturated carbocycles. The highest BCUT2D eigenvalue weighted by Crippen LogP contribution is 2.58. The minimum absolute atomic E-state index is 0.682. The molecule has 28 heavy (non-hydrogen) atoms. The number of benzene rings is 1. The minimum Gasteiger partial charge on any atom is -0.386 e. The molecule has 1 aliphatic heterocycles. The number of fused-ring (bicyclic) bond motifs is 3. The van der Waals surface area contributed by atoms with Gasteiger partial charge in [0, 0.05) is 11.7 Å². The van der Waals surface area contributed by atoms with E-state index in [1.54, 1.807) is 16.8 Å². The summed E-state index contributed by atoms with van der Waals surface area (Å²) in [5.41, 5.74) is 8.10. The molecule has 5 atom stereocenters. The van der Waals surface area contributed by atoms with Crippen molar-refractivity contribution in [3.05, 3.63) is 58.3 Å². The predicted molar refractivity (Wildman–Crippen MR) is 118 cm³/mol. The van der Waals surface area contributed by atoms with Crippen molar-refractivity contribution in [3.63, 3.8) is 0 Å². The van der Waals surface area contributed by atoms with Crippen LogP contribution in [0.3, 0.4) is 0 Å². The molecule has 0 radical (unpaired) electrons. The van der Waals surface area contributed by atoms with Gasteiger partial charge in [-0.3, -0.25) is 0 Å². The van der Waals surface area contributed by atoms with Crippen molar-refractivity contribution < 1.29 is 0 Å². The lowest BCUT2D eigenvalue weighted by Crippen LogP contribution is -2.36. The van der Waals surface area contributed by atoms with Gasteiger partial charge in [-0.15, -0.1) is 0 Å². The van der Waals surface area contributed by atoms with Gasteiger partial charge in [-0.1, -0.05) is 55.2 Å². The lowest BCUT2D eigenvalue weighted by Gasteiger charge is -2.36. The first-order chi connectivity index (χ1) is 13.7. The number of aryl methyl sites for hydroxylation is 2. The Morgan fingerprint density at radius 1 is 1.00 bits per heavy atom. The molecule has 3 aliphatic carbocycles. The maximum absolute atomic E-state index is 3.84.